The van der Waals surface area contributed by atoms with Crippen molar-refractivity contribution in [2.75, 3.05) is 0 Å². The van der Waals surface area contributed by atoms with Gasteiger partial charge in [0.1, 0.15) is 0 Å². The van der Waals surface area contributed by atoms with Crippen molar-refractivity contribution in [3.8, 4) is 0 Å². The second-order valence-corrected chi connectivity index (χ2v) is 4.94. The first-order chi connectivity index (χ1) is 8.15. The van der Waals surface area contributed by atoms with Crippen molar-refractivity contribution in [1.29, 1.82) is 0 Å². The maximum Gasteiger partial charge on any atom is 0.419 e. The number of aromatic nitrogens is 1. The summed E-state index contributed by atoms with van der Waals surface area (Å²) in [5.41, 5.74) is 8.64. The topological polar surface area (TPSA) is 61.2 Å². The Labute approximate surface area is 99.0 Å². The maximum atomic E-state index is 11.4. The Morgan fingerprint density at radius 1 is 1.53 bits per heavy atom. The monoisotopic (exact) mass is 232 g/mol. The van der Waals surface area contributed by atoms with Crippen LogP contribution in [0.2, 0.25) is 0 Å². The van der Waals surface area contributed by atoms with Gasteiger partial charge in [-0.2, -0.15) is 0 Å². The number of nitrogens with two attached hydrogens (primary N) is 1. The fraction of sp³-hybridized carbons (Fsp3) is 0.462. The van der Waals surface area contributed by atoms with Crippen molar-refractivity contribution >= 4 is 11.1 Å². The first-order valence-corrected chi connectivity index (χ1v) is 6.00. The summed E-state index contributed by atoms with van der Waals surface area (Å²) in [6.45, 7) is 0. The Morgan fingerprint density at radius 2 is 2.29 bits per heavy atom. The standard InChI is InChI=1S/C13H16N2O2/c1-15-11-5-4-9(7-12(11)17-13(15)16)10(14)6-8-2-3-8/h4-5,7-8,10H,2-3,6,14H2,1H3. The molecule has 2 N–H and O–H groups in total. The normalized spacial score (nSPS) is 17.5. The minimum Gasteiger partial charge on any atom is -0.408 e. The van der Waals surface area contributed by atoms with Crippen LogP contribution in [-0.2, 0) is 7.05 Å². The molecule has 0 bridgehead atoms. The van der Waals surface area contributed by atoms with Gasteiger partial charge < -0.3 is 10.2 Å². The van der Waals surface area contributed by atoms with Crippen LogP contribution in [0.1, 0.15) is 30.9 Å². The van der Waals surface area contributed by atoms with Crippen molar-refractivity contribution in [1.82, 2.24) is 4.57 Å². The Hall–Kier alpha value is -1.55. The Balaban J connectivity index is 1.97. The van der Waals surface area contributed by atoms with E-state index in [0.29, 0.717) is 5.58 Å². The third-order valence-electron chi connectivity index (χ3n) is 3.53. The molecule has 1 saturated carbocycles. The zero-order chi connectivity index (χ0) is 12.0. The highest BCUT2D eigenvalue weighted by Crippen LogP contribution is 2.37. The lowest BCUT2D eigenvalue weighted by Crippen LogP contribution is -2.11. The average molecular weight is 232 g/mol. The van der Waals surface area contributed by atoms with Crippen LogP contribution in [0, 0.1) is 5.92 Å². The summed E-state index contributed by atoms with van der Waals surface area (Å²) in [7, 11) is 1.71. The molecule has 1 aromatic heterocycles. The van der Waals surface area contributed by atoms with Crippen molar-refractivity contribution in [2.45, 2.75) is 25.3 Å². The number of aryl methyl sites for hydroxylation is 1. The first kappa shape index (κ1) is 10.6. The van der Waals surface area contributed by atoms with Gasteiger partial charge in [0, 0.05) is 13.1 Å². The third kappa shape index (κ3) is 1.89. The van der Waals surface area contributed by atoms with Crippen LogP contribution in [0.25, 0.3) is 11.1 Å². The number of hydrogen-bond acceptors (Lipinski definition) is 3. The van der Waals surface area contributed by atoms with E-state index in [9.17, 15) is 4.79 Å². The SMILES string of the molecule is Cn1c(=O)oc2cc(C(N)CC3CC3)ccc21. The van der Waals surface area contributed by atoms with E-state index in [2.05, 4.69) is 0 Å². The lowest BCUT2D eigenvalue weighted by Gasteiger charge is -2.10. The predicted molar refractivity (Wildman–Crippen MR) is 65.7 cm³/mol. The molecular formula is C13H16N2O2. The van der Waals surface area contributed by atoms with Gasteiger partial charge in [-0.25, -0.2) is 4.79 Å². The molecule has 3 rings (SSSR count). The van der Waals surface area contributed by atoms with E-state index in [1.807, 2.05) is 18.2 Å². The molecule has 1 aromatic carbocycles. The van der Waals surface area contributed by atoms with Crippen LogP contribution in [-0.4, -0.2) is 4.57 Å². The van der Waals surface area contributed by atoms with E-state index < -0.39 is 0 Å². The molecule has 17 heavy (non-hydrogen) atoms. The van der Waals surface area contributed by atoms with E-state index in [4.69, 9.17) is 10.2 Å². The van der Waals surface area contributed by atoms with Crippen LogP contribution >= 0.6 is 0 Å². The number of benzene rings is 1. The van der Waals surface area contributed by atoms with Gasteiger partial charge in [0.05, 0.1) is 5.52 Å². The van der Waals surface area contributed by atoms with Gasteiger partial charge in [-0.05, 0) is 30.0 Å². The van der Waals surface area contributed by atoms with Crippen LogP contribution in [0.3, 0.4) is 0 Å². The molecule has 1 atom stereocenters. The molecule has 90 valence electrons. The highest BCUT2D eigenvalue weighted by molar-refractivity contribution is 5.73. The highest BCUT2D eigenvalue weighted by atomic mass is 16.4. The zero-order valence-electron chi connectivity index (χ0n) is 9.85. The molecule has 2 aromatic rings. The van der Waals surface area contributed by atoms with E-state index in [1.54, 1.807) is 7.05 Å². The second-order valence-electron chi connectivity index (χ2n) is 4.94. The van der Waals surface area contributed by atoms with E-state index in [-0.39, 0.29) is 11.8 Å². The number of hydrogen-bond donors (Lipinski definition) is 1. The van der Waals surface area contributed by atoms with Gasteiger partial charge in [-0.3, -0.25) is 4.57 Å². The summed E-state index contributed by atoms with van der Waals surface area (Å²) in [6.07, 6.45) is 3.63. The molecule has 1 fully saturated rings. The van der Waals surface area contributed by atoms with Crippen LogP contribution in [0.15, 0.2) is 27.4 Å². The van der Waals surface area contributed by atoms with E-state index in [0.717, 1.165) is 23.4 Å². The summed E-state index contributed by atoms with van der Waals surface area (Å²) in [5.74, 6) is 0.469. The molecule has 1 aliphatic rings. The molecule has 0 saturated heterocycles. The Morgan fingerprint density at radius 3 is 3.00 bits per heavy atom. The van der Waals surface area contributed by atoms with Crippen molar-refractivity contribution in [3.63, 3.8) is 0 Å². The minimum atomic E-state index is -0.326. The molecule has 0 amide bonds. The molecule has 1 heterocycles. The lowest BCUT2D eigenvalue weighted by molar-refractivity contribution is 0.527. The fourth-order valence-corrected chi connectivity index (χ4v) is 2.23. The summed E-state index contributed by atoms with van der Waals surface area (Å²) in [5, 5.41) is 0. The van der Waals surface area contributed by atoms with E-state index in [1.165, 1.54) is 17.4 Å². The van der Waals surface area contributed by atoms with Crippen molar-refractivity contribution in [2.24, 2.45) is 18.7 Å². The molecule has 0 aliphatic heterocycles. The molecule has 0 spiro atoms. The number of rotatable bonds is 3. The highest BCUT2D eigenvalue weighted by Gasteiger charge is 2.24. The largest absolute Gasteiger partial charge is 0.419 e. The quantitative estimate of drug-likeness (QED) is 0.879. The fourth-order valence-electron chi connectivity index (χ4n) is 2.23. The maximum absolute atomic E-state index is 11.4. The third-order valence-corrected chi connectivity index (χ3v) is 3.53. The summed E-state index contributed by atoms with van der Waals surface area (Å²) >= 11 is 0. The summed E-state index contributed by atoms with van der Waals surface area (Å²) in [6, 6.07) is 5.84. The van der Waals surface area contributed by atoms with Gasteiger partial charge in [-0.1, -0.05) is 18.9 Å². The Bertz CT molecular complexity index is 607. The average Bonchev–Trinajstić information content (AvgIpc) is 3.07. The first-order valence-electron chi connectivity index (χ1n) is 6.00. The summed E-state index contributed by atoms with van der Waals surface area (Å²) in [4.78, 5) is 11.4. The van der Waals surface area contributed by atoms with Crippen LogP contribution in [0.4, 0.5) is 0 Å². The van der Waals surface area contributed by atoms with Crippen molar-refractivity contribution < 1.29 is 4.42 Å². The molecule has 4 nitrogen and oxygen atoms in total. The van der Waals surface area contributed by atoms with Crippen molar-refractivity contribution in [3.05, 3.63) is 34.3 Å². The zero-order valence-corrected chi connectivity index (χ0v) is 9.85. The van der Waals surface area contributed by atoms with Gasteiger partial charge >= 0.3 is 5.76 Å². The smallest absolute Gasteiger partial charge is 0.408 e. The van der Waals surface area contributed by atoms with Gasteiger partial charge in [-0.15, -0.1) is 0 Å². The van der Waals surface area contributed by atoms with Crippen LogP contribution < -0.4 is 11.5 Å². The van der Waals surface area contributed by atoms with Gasteiger partial charge in [0.15, 0.2) is 5.58 Å². The molecule has 1 unspecified atom stereocenters. The lowest BCUT2D eigenvalue weighted by atomic mass is 10.0. The summed E-state index contributed by atoms with van der Waals surface area (Å²) < 4.78 is 6.67. The second kappa shape index (κ2) is 3.74. The van der Waals surface area contributed by atoms with Gasteiger partial charge in [0.2, 0.25) is 0 Å². The Kier molecular flexibility index (Phi) is 2.33. The number of nitrogens with zero attached hydrogens (tertiary/aromatic N) is 1. The van der Waals surface area contributed by atoms with Gasteiger partial charge in [0.25, 0.3) is 0 Å². The predicted octanol–water partition coefficient (Wildman–Crippen LogP) is 1.93. The minimum absolute atomic E-state index is 0.0532. The van der Waals surface area contributed by atoms with Crippen LogP contribution in [0.5, 0.6) is 0 Å². The van der Waals surface area contributed by atoms with E-state index >= 15 is 0 Å². The molecule has 1 aliphatic carbocycles. The molecular weight excluding hydrogens is 216 g/mol. The number of oxazole rings is 1. The molecule has 4 heteroatoms. The molecule has 0 radical (unpaired) electrons. The number of fused-ring (bicyclic) bond motifs is 1.